The van der Waals surface area contributed by atoms with E-state index in [0.717, 1.165) is 30.0 Å². The molecule has 0 fully saturated rings. The van der Waals surface area contributed by atoms with Gasteiger partial charge in [0.05, 0.1) is 0 Å². The molecular weight excluding hydrogens is 364 g/mol. The number of anilines is 3. The predicted molar refractivity (Wildman–Crippen MR) is 117 cm³/mol. The van der Waals surface area contributed by atoms with Crippen LogP contribution in [0.15, 0.2) is 54.2 Å². The van der Waals surface area contributed by atoms with E-state index in [0.29, 0.717) is 11.3 Å². The minimum absolute atomic E-state index is 0.0483. The smallest absolute Gasteiger partial charge is 0.267 e. The number of hydrogen-bond donors (Lipinski definition) is 2. The van der Waals surface area contributed by atoms with Crippen molar-refractivity contribution >= 4 is 28.8 Å². The van der Waals surface area contributed by atoms with Crippen molar-refractivity contribution in [3.8, 4) is 6.07 Å². The third-order valence-electron chi connectivity index (χ3n) is 4.62. The van der Waals surface area contributed by atoms with E-state index in [9.17, 15) is 14.9 Å². The Morgan fingerprint density at radius 2 is 1.76 bits per heavy atom. The minimum atomic E-state index is -0.520. The second-order valence-electron chi connectivity index (χ2n) is 6.57. The Morgan fingerprint density at radius 3 is 2.28 bits per heavy atom. The quantitative estimate of drug-likeness (QED) is 0.394. The number of amides is 1. The van der Waals surface area contributed by atoms with Crippen LogP contribution in [0, 0.1) is 18.3 Å². The van der Waals surface area contributed by atoms with Crippen LogP contribution in [0.3, 0.4) is 0 Å². The molecule has 29 heavy (non-hydrogen) atoms. The first-order chi connectivity index (χ1) is 13.9. The van der Waals surface area contributed by atoms with Gasteiger partial charge >= 0.3 is 0 Å². The van der Waals surface area contributed by atoms with Crippen molar-refractivity contribution < 1.29 is 9.59 Å². The van der Waals surface area contributed by atoms with E-state index in [1.54, 1.807) is 24.3 Å². The molecule has 0 aliphatic carbocycles. The molecule has 0 radical (unpaired) electrons. The lowest BCUT2D eigenvalue weighted by Crippen LogP contribution is -2.21. The summed E-state index contributed by atoms with van der Waals surface area (Å²) in [6, 6.07) is 14.5. The van der Waals surface area contributed by atoms with Crippen molar-refractivity contribution in [1.29, 1.82) is 5.26 Å². The fourth-order valence-corrected chi connectivity index (χ4v) is 2.88. The van der Waals surface area contributed by atoms with Crippen LogP contribution in [0.1, 0.15) is 36.7 Å². The molecule has 2 aromatic rings. The first-order valence-electron chi connectivity index (χ1n) is 9.54. The zero-order valence-corrected chi connectivity index (χ0v) is 17.2. The predicted octanol–water partition coefficient (Wildman–Crippen LogP) is 4.50. The van der Waals surface area contributed by atoms with Gasteiger partial charge in [-0.15, -0.1) is 0 Å². The van der Waals surface area contributed by atoms with Gasteiger partial charge in [-0.2, -0.15) is 5.26 Å². The van der Waals surface area contributed by atoms with E-state index >= 15 is 0 Å². The maximum atomic E-state index is 12.4. The Kier molecular flexibility index (Phi) is 7.55. The summed E-state index contributed by atoms with van der Waals surface area (Å²) in [5, 5.41) is 15.1. The Morgan fingerprint density at radius 1 is 1.10 bits per heavy atom. The molecule has 0 spiro atoms. The maximum Gasteiger partial charge on any atom is 0.267 e. The van der Waals surface area contributed by atoms with E-state index in [-0.39, 0.29) is 11.4 Å². The summed E-state index contributed by atoms with van der Waals surface area (Å²) in [5.41, 5.74) is 4.00. The molecule has 6 heteroatoms. The number of carbonyl (C=O) groups is 2. The second-order valence-corrected chi connectivity index (χ2v) is 6.57. The summed E-state index contributed by atoms with van der Waals surface area (Å²) in [4.78, 5) is 25.9. The molecule has 0 aliphatic rings. The Labute approximate surface area is 171 Å². The van der Waals surface area contributed by atoms with Gasteiger partial charge in [0.1, 0.15) is 11.6 Å². The van der Waals surface area contributed by atoms with Crippen molar-refractivity contribution in [1.82, 2.24) is 0 Å². The van der Waals surface area contributed by atoms with Crippen molar-refractivity contribution in [3.63, 3.8) is 0 Å². The molecule has 0 atom stereocenters. The number of ketones is 1. The van der Waals surface area contributed by atoms with Crippen LogP contribution in [-0.4, -0.2) is 24.8 Å². The van der Waals surface area contributed by atoms with Crippen LogP contribution in [0.5, 0.6) is 0 Å². The first-order valence-corrected chi connectivity index (χ1v) is 9.54. The number of carbonyl (C=O) groups excluding carboxylic acids is 2. The average Bonchev–Trinajstić information content (AvgIpc) is 2.71. The summed E-state index contributed by atoms with van der Waals surface area (Å²) in [6.45, 7) is 9.53. The molecule has 0 saturated carbocycles. The van der Waals surface area contributed by atoms with E-state index in [1.165, 1.54) is 13.1 Å². The lowest BCUT2D eigenvalue weighted by molar-refractivity contribution is -0.112. The molecule has 0 bridgehead atoms. The maximum absolute atomic E-state index is 12.4. The van der Waals surface area contributed by atoms with Crippen molar-refractivity contribution in [3.05, 3.63) is 65.4 Å². The zero-order chi connectivity index (χ0) is 21.4. The molecule has 2 N–H and O–H groups in total. The summed E-state index contributed by atoms with van der Waals surface area (Å²) < 4.78 is 0. The molecule has 0 aromatic heterocycles. The Bertz CT molecular complexity index is 952. The van der Waals surface area contributed by atoms with Crippen LogP contribution in [0.4, 0.5) is 17.1 Å². The monoisotopic (exact) mass is 390 g/mol. The SMILES string of the molecule is CCN(CC)c1ccc(N/C=C(/C#N)C(=O)Nc2ccc(C(C)=O)cc2)c(C)c1. The number of nitrogens with zero attached hydrogens (tertiary/aromatic N) is 2. The number of hydrogen-bond acceptors (Lipinski definition) is 5. The van der Waals surface area contributed by atoms with Gasteiger partial charge in [-0.25, -0.2) is 0 Å². The summed E-state index contributed by atoms with van der Waals surface area (Å²) in [6.07, 6.45) is 1.40. The Hall–Kier alpha value is -3.59. The van der Waals surface area contributed by atoms with E-state index in [1.807, 2.05) is 25.1 Å². The van der Waals surface area contributed by atoms with Gasteiger partial charge in [-0.05, 0) is 75.7 Å². The summed E-state index contributed by atoms with van der Waals surface area (Å²) in [7, 11) is 0. The fourth-order valence-electron chi connectivity index (χ4n) is 2.88. The van der Waals surface area contributed by atoms with Gasteiger partial charge in [0.25, 0.3) is 5.91 Å². The second kappa shape index (κ2) is 10.1. The fraction of sp³-hybridized carbons (Fsp3) is 0.261. The standard InChI is InChI=1S/C23H26N4O2/c1-5-27(6-2)21-11-12-22(16(3)13-21)25-15-19(14-24)23(29)26-20-9-7-18(8-10-20)17(4)28/h7-13,15,25H,5-6H2,1-4H3,(H,26,29)/b19-15-. The molecule has 0 unspecified atom stereocenters. The van der Waals surface area contributed by atoms with Crippen molar-refractivity contribution in [2.75, 3.05) is 28.6 Å². The largest absolute Gasteiger partial charge is 0.372 e. The molecule has 0 aliphatic heterocycles. The van der Waals surface area contributed by atoms with Gasteiger partial charge in [-0.3, -0.25) is 9.59 Å². The van der Waals surface area contributed by atoms with Crippen LogP contribution in [0.2, 0.25) is 0 Å². The number of rotatable bonds is 8. The van der Waals surface area contributed by atoms with E-state index in [4.69, 9.17) is 0 Å². The number of nitriles is 1. The van der Waals surface area contributed by atoms with Crippen LogP contribution >= 0.6 is 0 Å². The van der Waals surface area contributed by atoms with Gasteiger partial charge in [0.2, 0.25) is 0 Å². The lowest BCUT2D eigenvalue weighted by Gasteiger charge is -2.22. The first kappa shape index (κ1) is 21.7. The van der Waals surface area contributed by atoms with Crippen LogP contribution in [-0.2, 0) is 4.79 Å². The molecule has 150 valence electrons. The molecule has 2 rings (SSSR count). The average molecular weight is 390 g/mol. The molecule has 1 amide bonds. The summed E-state index contributed by atoms with van der Waals surface area (Å²) in [5.74, 6) is -0.569. The third kappa shape index (κ3) is 5.69. The Balaban J connectivity index is 2.10. The van der Waals surface area contributed by atoms with Gasteiger partial charge in [-0.1, -0.05) is 0 Å². The van der Waals surface area contributed by atoms with Gasteiger partial charge in [0.15, 0.2) is 5.78 Å². The topological polar surface area (TPSA) is 85.2 Å². The number of Topliss-reactive ketones (excluding diaryl/α,β-unsaturated/α-hetero) is 1. The van der Waals surface area contributed by atoms with Crippen molar-refractivity contribution in [2.24, 2.45) is 0 Å². The lowest BCUT2D eigenvalue weighted by atomic mass is 10.1. The van der Waals surface area contributed by atoms with Gasteiger partial charge < -0.3 is 15.5 Å². The number of aryl methyl sites for hydroxylation is 1. The van der Waals surface area contributed by atoms with Crippen LogP contribution in [0.25, 0.3) is 0 Å². The molecule has 0 saturated heterocycles. The van der Waals surface area contributed by atoms with E-state index in [2.05, 4.69) is 35.4 Å². The molecular formula is C23H26N4O2. The minimum Gasteiger partial charge on any atom is -0.372 e. The van der Waals surface area contributed by atoms with Gasteiger partial charge in [0, 0.05) is 41.9 Å². The zero-order valence-electron chi connectivity index (χ0n) is 17.2. The highest BCUT2D eigenvalue weighted by Crippen LogP contribution is 2.23. The number of nitrogens with one attached hydrogen (secondary N) is 2. The highest BCUT2D eigenvalue weighted by Gasteiger charge is 2.10. The normalized spacial score (nSPS) is 10.8. The van der Waals surface area contributed by atoms with Crippen molar-refractivity contribution in [2.45, 2.75) is 27.7 Å². The molecule has 0 heterocycles. The summed E-state index contributed by atoms with van der Waals surface area (Å²) >= 11 is 0. The number of benzene rings is 2. The third-order valence-corrected chi connectivity index (χ3v) is 4.62. The van der Waals surface area contributed by atoms with E-state index < -0.39 is 5.91 Å². The molecule has 6 nitrogen and oxygen atoms in total. The highest BCUT2D eigenvalue weighted by molar-refractivity contribution is 6.07. The molecule has 2 aromatic carbocycles. The highest BCUT2D eigenvalue weighted by atomic mass is 16.1. The van der Waals surface area contributed by atoms with Crippen LogP contribution < -0.4 is 15.5 Å².